The summed E-state index contributed by atoms with van der Waals surface area (Å²) in [6.07, 6.45) is 1.08. The van der Waals surface area contributed by atoms with Gasteiger partial charge in [0.05, 0.1) is 5.56 Å². The van der Waals surface area contributed by atoms with Gasteiger partial charge in [0, 0.05) is 13.0 Å². The number of allylic oxidation sites excluding steroid dienone is 2. The number of nitrogens with one attached hydrogen (secondary N) is 1. The highest BCUT2D eigenvalue weighted by atomic mass is 19.4. The van der Waals surface area contributed by atoms with Crippen LogP contribution in [-0.2, 0) is 11.0 Å². The maximum Gasteiger partial charge on any atom is 0.416 e. The lowest BCUT2D eigenvalue weighted by Crippen LogP contribution is -2.35. The number of ether oxygens (including phenoxy) is 1. The zero-order chi connectivity index (χ0) is 17.6. The predicted octanol–water partition coefficient (Wildman–Crippen LogP) is 2.92. The number of benzene rings is 1. The third-order valence-electron chi connectivity index (χ3n) is 3.72. The highest BCUT2D eigenvalue weighted by Crippen LogP contribution is 2.30. The van der Waals surface area contributed by atoms with Crippen molar-refractivity contribution in [2.45, 2.75) is 31.5 Å². The molecule has 0 saturated carbocycles. The molecule has 2 rings (SSSR count). The van der Waals surface area contributed by atoms with Crippen LogP contribution >= 0.6 is 0 Å². The Bertz CT molecular complexity index is 569. The van der Waals surface area contributed by atoms with Gasteiger partial charge in [0.1, 0.15) is 18.5 Å². The number of carbonyl (C=O) groups is 1. The second-order valence-corrected chi connectivity index (χ2v) is 5.76. The first kappa shape index (κ1) is 18.3. The van der Waals surface area contributed by atoms with Crippen molar-refractivity contribution in [3.63, 3.8) is 0 Å². The van der Waals surface area contributed by atoms with Crippen LogP contribution in [0, 0.1) is 5.92 Å². The second-order valence-electron chi connectivity index (χ2n) is 5.76. The summed E-state index contributed by atoms with van der Waals surface area (Å²) in [5.74, 6) is 0.343. The zero-order valence-electron chi connectivity index (χ0n) is 13.1. The number of carbonyl (C=O) groups excluding carboxylic acids is 1. The van der Waals surface area contributed by atoms with Crippen LogP contribution in [0.25, 0.3) is 0 Å². The Morgan fingerprint density at radius 2 is 2.04 bits per heavy atom. The van der Waals surface area contributed by atoms with E-state index in [-0.39, 0.29) is 30.7 Å². The van der Waals surface area contributed by atoms with Crippen molar-refractivity contribution in [2.75, 3.05) is 13.2 Å². The van der Waals surface area contributed by atoms with Crippen molar-refractivity contribution < 1.29 is 27.8 Å². The minimum Gasteiger partial charge on any atom is -0.491 e. The van der Waals surface area contributed by atoms with Crippen LogP contribution in [0.2, 0.25) is 0 Å². The molecule has 0 aromatic heterocycles. The van der Waals surface area contributed by atoms with Gasteiger partial charge in [-0.2, -0.15) is 13.2 Å². The number of hydrogen-bond donors (Lipinski definition) is 2. The molecule has 1 aliphatic rings. The minimum absolute atomic E-state index is 0.0376. The van der Waals surface area contributed by atoms with Crippen LogP contribution in [0.15, 0.2) is 36.4 Å². The van der Waals surface area contributed by atoms with Crippen molar-refractivity contribution in [3.05, 3.63) is 42.0 Å². The van der Waals surface area contributed by atoms with Crippen molar-refractivity contribution in [1.29, 1.82) is 0 Å². The van der Waals surface area contributed by atoms with Crippen LogP contribution in [0.1, 0.15) is 24.8 Å². The average Bonchev–Trinajstić information content (AvgIpc) is 3.03. The molecule has 1 aromatic rings. The van der Waals surface area contributed by atoms with E-state index >= 15 is 0 Å². The van der Waals surface area contributed by atoms with Gasteiger partial charge in [-0.1, -0.05) is 12.2 Å². The Hall–Kier alpha value is -2.02. The van der Waals surface area contributed by atoms with E-state index < -0.39 is 17.8 Å². The van der Waals surface area contributed by atoms with Crippen LogP contribution in [0.4, 0.5) is 13.2 Å². The molecule has 24 heavy (non-hydrogen) atoms. The molecule has 1 aliphatic carbocycles. The summed E-state index contributed by atoms with van der Waals surface area (Å²) in [6.45, 7) is -0.0785. The van der Waals surface area contributed by atoms with Gasteiger partial charge >= 0.3 is 6.18 Å². The fourth-order valence-corrected chi connectivity index (χ4v) is 2.40. The third-order valence-corrected chi connectivity index (χ3v) is 3.72. The smallest absolute Gasteiger partial charge is 0.416 e. The van der Waals surface area contributed by atoms with Crippen LogP contribution in [0.5, 0.6) is 5.75 Å². The largest absolute Gasteiger partial charge is 0.491 e. The first-order chi connectivity index (χ1) is 11.3. The topological polar surface area (TPSA) is 58.6 Å². The summed E-state index contributed by atoms with van der Waals surface area (Å²) in [5, 5.41) is 12.4. The number of alkyl halides is 3. The molecule has 0 saturated heterocycles. The van der Waals surface area contributed by atoms with Gasteiger partial charge < -0.3 is 15.2 Å². The van der Waals surface area contributed by atoms with E-state index in [1.807, 2.05) is 12.2 Å². The van der Waals surface area contributed by atoms with Gasteiger partial charge in [0.25, 0.3) is 0 Å². The number of aliphatic hydroxyl groups is 1. The molecule has 0 unspecified atom stereocenters. The highest BCUT2D eigenvalue weighted by Gasteiger charge is 2.30. The molecule has 1 aromatic carbocycles. The van der Waals surface area contributed by atoms with Crippen LogP contribution in [0.3, 0.4) is 0 Å². The normalized spacial score (nSPS) is 18.4. The summed E-state index contributed by atoms with van der Waals surface area (Å²) in [7, 11) is 0. The fourth-order valence-electron chi connectivity index (χ4n) is 2.40. The number of aliphatic hydroxyl groups excluding tert-OH is 1. The van der Waals surface area contributed by atoms with E-state index in [1.54, 1.807) is 0 Å². The lowest BCUT2D eigenvalue weighted by Gasteiger charge is -2.14. The van der Waals surface area contributed by atoms with E-state index in [1.165, 1.54) is 12.1 Å². The average molecular weight is 343 g/mol. The van der Waals surface area contributed by atoms with Crippen LogP contribution < -0.4 is 10.1 Å². The van der Waals surface area contributed by atoms with Gasteiger partial charge in [-0.25, -0.2) is 0 Å². The fraction of sp³-hybridized carbons (Fsp3) is 0.471. The summed E-state index contributed by atoms with van der Waals surface area (Å²) in [6, 6.07) is 4.22. The van der Waals surface area contributed by atoms with Gasteiger partial charge in [-0.05, 0) is 43.0 Å². The van der Waals surface area contributed by atoms with Crippen molar-refractivity contribution in [1.82, 2.24) is 5.32 Å². The van der Waals surface area contributed by atoms with Crippen molar-refractivity contribution in [2.24, 2.45) is 5.92 Å². The minimum atomic E-state index is -4.39. The molecule has 0 spiro atoms. The second kappa shape index (κ2) is 8.19. The summed E-state index contributed by atoms with van der Waals surface area (Å²) in [5.41, 5.74) is -0.761. The molecule has 0 aliphatic heterocycles. The van der Waals surface area contributed by atoms with E-state index in [0.29, 0.717) is 6.42 Å². The van der Waals surface area contributed by atoms with Crippen molar-refractivity contribution >= 4 is 5.91 Å². The summed E-state index contributed by atoms with van der Waals surface area (Å²) < 4.78 is 42.5. The van der Waals surface area contributed by atoms with Crippen LogP contribution in [-0.4, -0.2) is 30.3 Å². The Labute approximate surface area is 138 Å². The highest BCUT2D eigenvalue weighted by molar-refractivity contribution is 5.76. The zero-order valence-corrected chi connectivity index (χ0v) is 13.1. The first-order valence-corrected chi connectivity index (χ1v) is 7.76. The molecular formula is C17H20F3NO3. The number of halogens is 3. The number of rotatable bonds is 7. The van der Waals surface area contributed by atoms with E-state index in [9.17, 15) is 23.1 Å². The summed E-state index contributed by atoms with van der Waals surface area (Å²) >= 11 is 0. The standard InChI is InChI=1S/C17H20F3NO3/c18-17(19,20)13-5-7-15(8-6-13)24-11-14(22)10-21-16(23)9-12-3-1-2-4-12/h1,3,5-8,12,14,22H,2,4,9-11H2,(H,21,23)/t12-,14+/m1/s1. The predicted molar refractivity (Wildman–Crippen MR) is 82.4 cm³/mol. The molecule has 4 nitrogen and oxygen atoms in total. The molecule has 0 bridgehead atoms. The SMILES string of the molecule is O=C(C[C@@H]1C=CCC1)NC[C@H](O)COc1ccc(C(F)(F)F)cc1. The molecule has 0 fully saturated rings. The van der Waals surface area contributed by atoms with Gasteiger partial charge in [0.15, 0.2) is 0 Å². The molecule has 2 atom stereocenters. The lowest BCUT2D eigenvalue weighted by atomic mass is 10.1. The monoisotopic (exact) mass is 343 g/mol. The maximum atomic E-state index is 12.4. The summed E-state index contributed by atoms with van der Waals surface area (Å²) in [4.78, 5) is 11.7. The van der Waals surface area contributed by atoms with E-state index in [4.69, 9.17) is 4.74 Å². The molecule has 1 amide bonds. The number of amides is 1. The van der Waals surface area contributed by atoms with Crippen molar-refractivity contribution in [3.8, 4) is 5.75 Å². The Balaban J connectivity index is 1.68. The number of hydrogen-bond acceptors (Lipinski definition) is 3. The molecular weight excluding hydrogens is 323 g/mol. The Morgan fingerprint density at radius 1 is 1.33 bits per heavy atom. The molecule has 132 valence electrons. The third kappa shape index (κ3) is 5.88. The van der Waals surface area contributed by atoms with Gasteiger partial charge in [-0.15, -0.1) is 0 Å². The Morgan fingerprint density at radius 3 is 2.62 bits per heavy atom. The molecule has 2 N–H and O–H groups in total. The molecule has 7 heteroatoms. The Kier molecular flexibility index (Phi) is 6.25. The van der Waals surface area contributed by atoms with Gasteiger partial charge in [-0.3, -0.25) is 4.79 Å². The quantitative estimate of drug-likeness (QED) is 0.749. The molecule has 0 heterocycles. The van der Waals surface area contributed by atoms with E-state index in [0.717, 1.165) is 25.0 Å². The van der Waals surface area contributed by atoms with E-state index in [2.05, 4.69) is 5.32 Å². The molecule has 0 radical (unpaired) electrons. The maximum absolute atomic E-state index is 12.4. The lowest BCUT2D eigenvalue weighted by molar-refractivity contribution is -0.137. The first-order valence-electron chi connectivity index (χ1n) is 7.76. The van der Waals surface area contributed by atoms with Gasteiger partial charge in [0.2, 0.25) is 5.91 Å².